The summed E-state index contributed by atoms with van der Waals surface area (Å²) in [6.45, 7) is 8.24. The fraction of sp³-hybridized carbons (Fsp3) is 0.476. The van der Waals surface area contributed by atoms with Gasteiger partial charge >= 0.3 is 0 Å². The Morgan fingerprint density at radius 2 is 1.73 bits per heavy atom. The lowest BCUT2D eigenvalue weighted by molar-refractivity contribution is 0.590. The molecule has 1 aromatic carbocycles. The highest BCUT2D eigenvalue weighted by atomic mass is 14.7. The van der Waals surface area contributed by atoms with Crippen LogP contribution in [0.5, 0.6) is 0 Å². The highest BCUT2D eigenvalue weighted by Crippen LogP contribution is 2.22. The summed E-state index contributed by atoms with van der Waals surface area (Å²) in [5.41, 5.74) is 4.86. The van der Waals surface area contributed by atoms with Crippen LogP contribution in [0.25, 0.3) is 17.0 Å². The van der Waals surface area contributed by atoms with E-state index < -0.39 is 0 Å². The Balaban J connectivity index is 1.99. The van der Waals surface area contributed by atoms with Crippen LogP contribution in [-0.2, 0) is 6.42 Å². The van der Waals surface area contributed by atoms with E-state index in [2.05, 4.69) is 49.7 Å². The maximum atomic E-state index is 4.66. The average molecular weight is 295 g/mol. The zero-order valence-electron chi connectivity index (χ0n) is 14.2. The molecule has 0 radical (unpaired) electrons. The molecule has 118 valence electrons. The largest absolute Gasteiger partial charge is 0.253 e. The number of aryl methyl sites for hydroxylation is 2. The van der Waals surface area contributed by atoms with Crippen LogP contribution in [0.2, 0.25) is 0 Å². The summed E-state index contributed by atoms with van der Waals surface area (Å²) in [5, 5.41) is 1.30. The highest BCUT2D eigenvalue weighted by Gasteiger charge is 2.05. The third kappa shape index (κ3) is 4.69. The number of pyridine rings is 1. The molecule has 1 aromatic heterocycles. The van der Waals surface area contributed by atoms with E-state index in [0.29, 0.717) is 0 Å². The number of fused-ring (bicyclic) bond motifs is 1. The van der Waals surface area contributed by atoms with Crippen LogP contribution in [0.3, 0.4) is 0 Å². The van der Waals surface area contributed by atoms with Gasteiger partial charge in [0.05, 0.1) is 5.52 Å². The predicted octanol–water partition coefficient (Wildman–Crippen LogP) is 6.48. The lowest BCUT2D eigenvalue weighted by atomic mass is 9.99. The second-order valence-electron chi connectivity index (χ2n) is 6.27. The van der Waals surface area contributed by atoms with Crippen LogP contribution in [0, 0.1) is 6.92 Å². The molecule has 22 heavy (non-hydrogen) atoms. The third-order valence-corrected chi connectivity index (χ3v) is 4.33. The number of unbranched alkanes of at least 4 members (excludes halogenated alkanes) is 6. The molecule has 0 aliphatic carbocycles. The Morgan fingerprint density at radius 1 is 1.00 bits per heavy atom. The van der Waals surface area contributed by atoms with Gasteiger partial charge in [-0.1, -0.05) is 64.2 Å². The van der Waals surface area contributed by atoms with E-state index in [9.17, 15) is 0 Å². The standard InChI is InChI=1S/C21H29N/c1-4-6-7-8-9-10-11-12-19-15-17(3)22-21-14-13-18(5-2)16-20(19)21/h5,13-16H,2,4,6-12H2,1,3H3. The molecule has 1 heteroatoms. The second-order valence-corrected chi connectivity index (χ2v) is 6.27. The van der Waals surface area contributed by atoms with E-state index in [4.69, 9.17) is 0 Å². The van der Waals surface area contributed by atoms with Crippen LogP contribution in [0.4, 0.5) is 0 Å². The number of hydrogen-bond donors (Lipinski definition) is 0. The maximum Gasteiger partial charge on any atom is 0.0708 e. The Morgan fingerprint density at radius 3 is 2.45 bits per heavy atom. The maximum absolute atomic E-state index is 4.66. The van der Waals surface area contributed by atoms with Crippen molar-refractivity contribution >= 4 is 17.0 Å². The summed E-state index contributed by atoms with van der Waals surface area (Å²) < 4.78 is 0. The number of benzene rings is 1. The van der Waals surface area contributed by atoms with Crippen molar-refractivity contribution < 1.29 is 0 Å². The van der Waals surface area contributed by atoms with Crippen LogP contribution in [0.1, 0.15) is 68.7 Å². The minimum absolute atomic E-state index is 1.11. The highest BCUT2D eigenvalue weighted by molar-refractivity contribution is 5.84. The molecule has 0 bridgehead atoms. The van der Waals surface area contributed by atoms with E-state index >= 15 is 0 Å². The Kier molecular flexibility index (Phi) is 6.64. The summed E-state index contributed by atoms with van der Waals surface area (Å²) in [5.74, 6) is 0. The van der Waals surface area contributed by atoms with Gasteiger partial charge < -0.3 is 0 Å². The van der Waals surface area contributed by atoms with Crippen LogP contribution < -0.4 is 0 Å². The molecule has 0 saturated carbocycles. The van der Waals surface area contributed by atoms with Gasteiger partial charge in [0, 0.05) is 11.1 Å². The van der Waals surface area contributed by atoms with Gasteiger partial charge in [-0.15, -0.1) is 0 Å². The molecule has 0 aliphatic rings. The topological polar surface area (TPSA) is 12.9 Å². The molecule has 0 fully saturated rings. The van der Waals surface area contributed by atoms with Gasteiger partial charge in [0.1, 0.15) is 0 Å². The summed E-state index contributed by atoms with van der Waals surface area (Å²) in [7, 11) is 0. The van der Waals surface area contributed by atoms with Crippen molar-refractivity contribution in [2.75, 3.05) is 0 Å². The molecule has 0 N–H and O–H groups in total. The number of rotatable bonds is 9. The molecular formula is C21H29N. The quantitative estimate of drug-likeness (QED) is 0.482. The normalized spacial score (nSPS) is 11.0. The van der Waals surface area contributed by atoms with E-state index in [1.807, 2.05) is 6.08 Å². The molecule has 0 unspecified atom stereocenters. The monoisotopic (exact) mass is 295 g/mol. The number of aromatic nitrogens is 1. The van der Waals surface area contributed by atoms with Gasteiger partial charge in [-0.2, -0.15) is 0 Å². The molecule has 1 nitrogen and oxygen atoms in total. The van der Waals surface area contributed by atoms with Crippen molar-refractivity contribution in [2.24, 2.45) is 0 Å². The first kappa shape index (κ1) is 16.7. The summed E-state index contributed by atoms with van der Waals surface area (Å²) in [6.07, 6.45) is 12.6. The zero-order valence-corrected chi connectivity index (χ0v) is 14.2. The van der Waals surface area contributed by atoms with Gasteiger partial charge in [-0.05, 0) is 49.1 Å². The van der Waals surface area contributed by atoms with E-state index in [0.717, 1.165) is 17.6 Å². The predicted molar refractivity (Wildman–Crippen MR) is 98.3 cm³/mol. The first-order valence-electron chi connectivity index (χ1n) is 8.77. The lowest BCUT2D eigenvalue weighted by Crippen LogP contribution is -1.93. The van der Waals surface area contributed by atoms with Crippen LogP contribution in [-0.4, -0.2) is 4.98 Å². The van der Waals surface area contributed by atoms with Gasteiger partial charge in [0.25, 0.3) is 0 Å². The van der Waals surface area contributed by atoms with Crippen molar-refractivity contribution in [3.63, 3.8) is 0 Å². The van der Waals surface area contributed by atoms with Gasteiger partial charge in [0.2, 0.25) is 0 Å². The van der Waals surface area contributed by atoms with E-state index in [-0.39, 0.29) is 0 Å². The molecule has 0 spiro atoms. The molecule has 0 saturated heterocycles. The van der Waals surface area contributed by atoms with E-state index in [1.165, 1.54) is 61.5 Å². The summed E-state index contributed by atoms with van der Waals surface area (Å²) in [4.78, 5) is 4.66. The minimum atomic E-state index is 1.11. The molecular weight excluding hydrogens is 266 g/mol. The summed E-state index contributed by atoms with van der Waals surface area (Å²) in [6, 6.07) is 8.70. The van der Waals surface area contributed by atoms with Crippen molar-refractivity contribution in [2.45, 2.75) is 65.2 Å². The number of nitrogens with zero attached hydrogens (tertiary/aromatic N) is 1. The Labute approximate surface area is 135 Å². The molecule has 1 heterocycles. The molecule has 0 amide bonds. The number of hydrogen-bond acceptors (Lipinski definition) is 1. The van der Waals surface area contributed by atoms with E-state index in [1.54, 1.807) is 0 Å². The van der Waals surface area contributed by atoms with Crippen molar-refractivity contribution in [1.29, 1.82) is 0 Å². The Bertz CT molecular complexity index is 613. The molecule has 0 aliphatic heterocycles. The Hall–Kier alpha value is -1.63. The average Bonchev–Trinajstić information content (AvgIpc) is 2.53. The molecule has 0 atom stereocenters. The van der Waals surface area contributed by atoms with Crippen LogP contribution in [0.15, 0.2) is 30.8 Å². The summed E-state index contributed by atoms with van der Waals surface area (Å²) >= 11 is 0. The van der Waals surface area contributed by atoms with Crippen LogP contribution >= 0.6 is 0 Å². The second kappa shape index (κ2) is 8.73. The minimum Gasteiger partial charge on any atom is -0.253 e. The SMILES string of the molecule is C=Cc1ccc2nc(C)cc(CCCCCCCCC)c2c1. The van der Waals surface area contributed by atoms with Gasteiger partial charge in [-0.25, -0.2) is 0 Å². The molecule has 2 aromatic rings. The van der Waals surface area contributed by atoms with Gasteiger partial charge in [0.15, 0.2) is 0 Å². The molecule has 2 rings (SSSR count). The fourth-order valence-corrected chi connectivity index (χ4v) is 3.07. The first-order valence-corrected chi connectivity index (χ1v) is 8.77. The van der Waals surface area contributed by atoms with Crippen molar-refractivity contribution in [3.8, 4) is 0 Å². The third-order valence-electron chi connectivity index (χ3n) is 4.33. The zero-order chi connectivity index (χ0) is 15.8. The van der Waals surface area contributed by atoms with Crippen molar-refractivity contribution in [3.05, 3.63) is 47.7 Å². The lowest BCUT2D eigenvalue weighted by Gasteiger charge is -2.09. The fourth-order valence-electron chi connectivity index (χ4n) is 3.07. The smallest absolute Gasteiger partial charge is 0.0708 e. The van der Waals surface area contributed by atoms with Gasteiger partial charge in [-0.3, -0.25) is 4.98 Å². The van der Waals surface area contributed by atoms with Crippen molar-refractivity contribution in [1.82, 2.24) is 4.98 Å². The first-order chi connectivity index (χ1) is 10.7.